The van der Waals surface area contributed by atoms with Crippen molar-refractivity contribution in [1.29, 1.82) is 0 Å². The zero-order chi connectivity index (χ0) is 17.1. The van der Waals surface area contributed by atoms with Crippen LogP contribution in [0.3, 0.4) is 0 Å². The number of guanidine groups is 1. The molecule has 1 rings (SSSR count). The summed E-state index contributed by atoms with van der Waals surface area (Å²) < 4.78 is 0.967. The summed E-state index contributed by atoms with van der Waals surface area (Å²) in [6, 6.07) is 7.34. The van der Waals surface area contributed by atoms with Crippen LogP contribution in [0.2, 0.25) is 0 Å². The third-order valence-corrected chi connectivity index (χ3v) is 3.53. The minimum absolute atomic E-state index is 0.0436. The predicted molar refractivity (Wildman–Crippen MR) is 99.9 cm³/mol. The molecule has 1 amide bonds. The highest BCUT2D eigenvalue weighted by Gasteiger charge is 2.04. The molecule has 0 unspecified atom stereocenters. The van der Waals surface area contributed by atoms with Gasteiger partial charge in [0.05, 0.1) is 0 Å². The molecule has 0 spiro atoms. The Labute approximate surface area is 147 Å². The summed E-state index contributed by atoms with van der Waals surface area (Å²) in [7, 11) is 0. The van der Waals surface area contributed by atoms with Gasteiger partial charge in [-0.15, -0.1) is 0 Å². The Morgan fingerprint density at radius 2 is 1.78 bits per heavy atom. The van der Waals surface area contributed by atoms with Crippen molar-refractivity contribution in [3.8, 4) is 0 Å². The van der Waals surface area contributed by atoms with E-state index in [4.69, 9.17) is 0 Å². The zero-order valence-electron chi connectivity index (χ0n) is 14.2. The molecule has 0 atom stereocenters. The molecule has 0 aliphatic heterocycles. The van der Waals surface area contributed by atoms with Gasteiger partial charge in [0.15, 0.2) is 5.96 Å². The zero-order valence-corrected chi connectivity index (χ0v) is 15.7. The molecule has 23 heavy (non-hydrogen) atoms. The molecule has 5 nitrogen and oxygen atoms in total. The van der Waals surface area contributed by atoms with Gasteiger partial charge >= 0.3 is 0 Å². The van der Waals surface area contributed by atoms with Crippen LogP contribution in [0.15, 0.2) is 33.7 Å². The minimum Gasteiger partial charge on any atom is -0.357 e. The monoisotopic (exact) mass is 382 g/mol. The number of hydrogen-bond donors (Lipinski definition) is 3. The average Bonchev–Trinajstić information content (AvgIpc) is 2.52. The molecule has 0 aliphatic carbocycles. The molecule has 3 N–H and O–H groups in total. The maximum absolute atomic E-state index is 12.0. The Kier molecular flexibility index (Phi) is 9.36. The first-order valence-corrected chi connectivity index (χ1v) is 8.88. The summed E-state index contributed by atoms with van der Waals surface area (Å²) >= 11 is 3.36. The van der Waals surface area contributed by atoms with Crippen molar-refractivity contribution in [2.24, 2.45) is 10.9 Å². The molecule has 0 aliphatic rings. The van der Waals surface area contributed by atoms with E-state index in [9.17, 15) is 4.79 Å². The van der Waals surface area contributed by atoms with Crippen molar-refractivity contribution in [1.82, 2.24) is 16.0 Å². The van der Waals surface area contributed by atoms with Crippen LogP contribution in [-0.2, 0) is 0 Å². The first-order chi connectivity index (χ1) is 11.0. The Morgan fingerprint density at radius 3 is 2.39 bits per heavy atom. The third kappa shape index (κ3) is 8.59. The van der Waals surface area contributed by atoms with E-state index < -0.39 is 0 Å². The SMILES string of the molecule is CCNC(=NCC(C)C)NCCCNC(=O)c1ccc(Br)cc1. The van der Waals surface area contributed by atoms with E-state index in [1.54, 1.807) is 12.1 Å². The maximum Gasteiger partial charge on any atom is 0.251 e. The van der Waals surface area contributed by atoms with Crippen molar-refractivity contribution in [2.45, 2.75) is 27.2 Å². The van der Waals surface area contributed by atoms with Crippen LogP contribution in [0, 0.1) is 5.92 Å². The second-order valence-electron chi connectivity index (χ2n) is 5.66. The summed E-state index contributed by atoms with van der Waals surface area (Å²) in [5.41, 5.74) is 0.674. The minimum atomic E-state index is -0.0436. The Morgan fingerprint density at radius 1 is 1.13 bits per heavy atom. The molecule has 128 valence electrons. The van der Waals surface area contributed by atoms with E-state index in [2.05, 4.69) is 50.7 Å². The molecule has 1 aromatic carbocycles. The average molecular weight is 383 g/mol. The van der Waals surface area contributed by atoms with Gasteiger partial charge in [-0.2, -0.15) is 0 Å². The van der Waals surface area contributed by atoms with Crippen LogP contribution in [0.1, 0.15) is 37.6 Å². The second kappa shape index (κ2) is 11.0. The van der Waals surface area contributed by atoms with E-state index in [1.165, 1.54) is 0 Å². The van der Waals surface area contributed by atoms with Gasteiger partial charge in [0.2, 0.25) is 0 Å². The molecular weight excluding hydrogens is 356 g/mol. The number of rotatable bonds is 8. The molecule has 0 saturated heterocycles. The van der Waals surface area contributed by atoms with E-state index in [0.29, 0.717) is 18.0 Å². The van der Waals surface area contributed by atoms with E-state index in [-0.39, 0.29) is 5.91 Å². The lowest BCUT2D eigenvalue weighted by atomic mass is 10.2. The standard InChI is InChI=1S/C17H27BrN4O/c1-4-19-17(22-12-13(2)3)21-11-5-10-20-16(23)14-6-8-15(18)9-7-14/h6-9,13H,4-5,10-12H2,1-3H3,(H,20,23)(H2,19,21,22). The molecule has 0 radical (unpaired) electrons. The Bertz CT molecular complexity index is 500. The lowest BCUT2D eigenvalue weighted by Gasteiger charge is -2.12. The number of aliphatic imine (C=N–C) groups is 1. The molecule has 1 aromatic rings. The normalized spacial score (nSPS) is 11.4. The third-order valence-electron chi connectivity index (χ3n) is 3.00. The number of carbonyl (C=O) groups is 1. The summed E-state index contributed by atoms with van der Waals surface area (Å²) in [5, 5.41) is 9.41. The summed E-state index contributed by atoms with van der Waals surface area (Å²) in [5.74, 6) is 1.33. The first-order valence-electron chi connectivity index (χ1n) is 8.09. The first kappa shape index (κ1) is 19.5. The number of carbonyl (C=O) groups excluding carboxylic acids is 1. The summed E-state index contributed by atoms with van der Waals surface area (Å²) in [4.78, 5) is 16.5. The number of nitrogens with zero attached hydrogens (tertiary/aromatic N) is 1. The topological polar surface area (TPSA) is 65.5 Å². The highest BCUT2D eigenvalue weighted by Crippen LogP contribution is 2.10. The Hall–Kier alpha value is -1.56. The highest BCUT2D eigenvalue weighted by atomic mass is 79.9. The van der Waals surface area contributed by atoms with E-state index in [1.807, 2.05) is 19.1 Å². The van der Waals surface area contributed by atoms with Crippen LogP contribution < -0.4 is 16.0 Å². The van der Waals surface area contributed by atoms with Gasteiger partial charge in [0.25, 0.3) is 5.91 Å². The molecule has 0 saturated carbocycles. The lowest BCUT2D eigenvalue weighted by Crippen LogP contribution is -2.39. The molecule has 6 heteroatoms. The van der Waals surface area contributed by atoms with E-state index >= 15 is 0 Å². The fourth-order valence-corrected chi connectivity index (χ4v) is 2.08. The molecule has 0 bridgehead atoms. The predicted octanol–water partition coefficient (Wildman–Crippen LogP) is 2.78. The van der Waals surface area contributed by atoms with Crippen molar-refractivity contribution in [3.63, 3.8) is 0 Å². The highest BCUT2D eigenvalue weighted by molar-refractivity contribution is 9.10. The van der Waals surface area contributed by atoms with Crippen LogP contribution in [0.5, 0.6) is 0 Å². The number of hydrogen-bond acceptors (Lipinski definition) is 2. The van der Waals surface area contributed by atoms with Crippen LogP contribution in [0.25, 0.3) is 0 Å². The molecule has 0 fully saturated rings. The smallest absolute Gasteiger partial charge is 0.251 e. The number of amides is 1. The second-order valence-corrected chi connectivity index (χ2v) is 6.57. The van der Waals surface area contributed by atoms with Gasteiger partial charge in [-0.1, -0.05) is 29.8 Å². The van der Waals surface area contributed by atoms with Gasteiger partial charge in [-0.25, -0.2) is 0 Å². The van der Waals surface area contributed by atoms with Gasteiger partial charge in [0.1, 0.15) is 0 Å². The molecule has 0 aromatic heterocycles. The number of nitrogens with one attached hydrogen (secondary N) is 3. The Balaban J connectivity index is 2.26. The summed E-state index contributed by atoms with van der Waals surface area (Å²) in [6.45, 7) is 9.37. The van der Waals surface area contributed by atoms with Crippen LogP contribution in [-0.4, -0.2) is 38.0 Å². The molecular formula is C17H27BrN4O. The fraction of sp³-hybridized carbons (Fsp3) is 0.529. The van der Waals surface area contributed by atoms with Crippen molar-refractivity contribution < 1.29 is 4.79 Å². The van der Waals surface area contributed by atoms with Gasteiger partial charge in [0, 0.05) is 36.2 Å². The fourth-order valence-electron chi connectivity index (χ4n) is 1.82. The van der Waals surface area contributed by atoms with Crippen LogP contribution in [0.4, 0.5) is 0 Å². The van der Waals surface area contributed by atoms with Crippen LogP contribution >= 0.6 is 15.9 Å². The molecule has 0 heterocycles. The lowest BCUT2D eigenvalue weighted by molar-refractivity contribution is 0.0953. The largest absolute Gasteiger partial charge is 0.357 e. The van der Waals surface area contributed by atoms with Crippen molar-refractivity contribution in [2.75, 3.05) is 26.2 Å². The van der Waals surface area contributed by atoms with Crippen molar-refractivity contribution >= 4 is 27.8 Å². The van der Waals surface area contributed by atoms with Crippen molar-refractivity contribution in [3.05, 3.63) is 34.3 Å². The summed E-state index contributed by atoms with van der Waals surface area (Å²) in [6.07, 6.45) is 0.842. The van der Waals surface area contributed by atoms with Gasteiger partial charge in [-0.05, 0) is 43.5 Å². The maximum atomic E-state index is 12.0. The number of halogens is 1. The number of benzene rings is 1. The van der Waals surface area contributed by atoms with Gasteiger partial charge < -0.3 is 16.0 Å². The van der Waals surface area contributed by atoms with Gasteiger partial charge in [-0.3, -0.25) is 9.79 Å². The quantitative estimate of drug-likeness (QED) is 0.368. The van der Waals surface area contributed by atoms with E-state index in [0.717, 1.165) is 36.5 Å².